The zero-order valence-corrected chi connectivity index (χ0v) is 7.85. The molecule has 0 aliphatic carbocycles. The van der Waals surface area contributed by atoms with Crippen molar-refractivity contribution in [2.45, 2.75) is 32.7 Å². The third-order valence-electron chi connectivity index (χ3n) is 1.41. The number of rotatable bonds is 2. The maximum atomic E-state index is 8.06. The fraction of sp³-hybridized carbons (Fsp3) is 0.714. The minimum atomic E-state index is -0.141. The van der Waals surface area contributed by atoms with Gasteiger partial charge in [0.1, 0.15) is 6.54 Å². The van der Waals surface area contributed by atoms with E-state index in [0.717, 1.165) is 0 Å². The number of hydrogen-bond acceptors (Lipinski definition) is 4. The highest BCUT2D eigenvalue weighted by atomic mass is 16.5. The van der Waals surface area contributed by atoms with E-state index < -0.39 is 0 Å². The second-order valence-electron chi connectivity index (χ2n) is 3.65. The standard InChI is InChI=1S/C7H11N5O/c1-7(2,3)6-10-5(13-11-6)4-9-12-8/h4H2,1-3H3. The Morgan fingerprint density at radius 3 is 2.69 bits per heavy atom. The first-order valence-electron chi connectivity index (χ1n) is 3.88. The van der Waals surface area contributed by atoms with Crippen LogP contribution in [0.3, 0.4) is 0 Å². The van der Waals surface area contributed by atoms with E-state index in [2.05, 4.69) is 20.2 Å². The first-order chi connectivity index (χ1) is 6.04. The van der Waals surface area contributed by atoms with Gasteiger partial charge in [-0.3, -0.25) is 0 Å². The van der Waals surface area contributed by atoms with E-state index in [1.165, 1.54) is 0 Å². The molecule has 1 aromatic heterocycles. The average Bonchev–Trinajstić information content (AvgIpc) is 2.47. The first kappa shape index (κ1) is 9.54. The summed E-state index contributed by atoms with van der Waals surface area (Å²) in [4.78, 5) is 6.68. The van der Waals surface area contributed by atoms with E-state index in [1.54, 1.807) is 0 Å². The van der Waals surface area contributed by atoms with E-state index in [4.69, 9.17) is 10.1 Å². The van der Waals surface area contributed by atoms with Gasteiger partial charge in [-0.2, -0.15) is 4.98 Å². The second-order valence-corrected chi connectivity index (χ2v) is 3.65. The smallest absolute Gasteiger partial charge is 0.232 e. The van der Waals surface area contributed by atoms with Crippen LogP contribution in [0.1, 0.15) is 32.5 Å². The van der Waals surface area contributed by atoms with E-state index in [1.807, 2.05) is 20.8 Å². The Morgan fingerprint density at radius 1 is 1.54 bits per heavy atom. The quantitative estimate of drug-likeness (QED) is 0.398. The number of nitrogens with zero attached hydrogens (tertiary/aromatic N) is 5. The van der Waals surface area contributed by atoms with Gasteiger partial charge in [-0.1, -0.05) is 31.0 Å². The van der Waals surface area contributed by atoms with Gasteiger partial charge in [0.15, 0.2) is 5.82 Å². The zero-order chi connectivity index (χ0) is 9.90. The molecule has 1 rings (SSSR count). The molecule has 0 bridgehead atoms. The predicted octanol–water partition coefficient (Wildman–Crippen LogP) is 2.18. The fourth-order valence-electron chi connectivity index (χ4n) is 0.716. The van der Waals surface area contributed by atoms with E-state index in [0.29, 0.717) is 11.7 Å². The Kier molecular flexibility index (Phi) is 2.53. The highest BCUT2D eigenvalue weighted by Crippen LogP contribution is 2.18. The van der Waals surface area contributed by atoms with Crippen molar-refractivity contribution in [1.82, 2.24) is 10.1 Å². The molecule has 0 amide bonds. The Hall–Kier alpha value is -1.55. The molecular weight excluding hydrogens is 170 g/mol. The van der Waals surface area contributed by atoms with Gasteiger partial charge in [0.25, 0.3) is 0 Å². The van der Waals surface area contributed by atoms with Crippen molar-refractivity contribution in [2.24, 2.45) is 5.11 Å². The number of aromatic nitrogens is 2. The molecule has 0 aromatic carbocycles. The molecule has 0 aliphatic rings. The Morgan fingerprint density at radius 2 is 2.23 bits per heavy atom. The second kappa shape index (κ2) is 3.45. The molecular formula is C7H11N5O. The Bertz CT molecular complexity index is 331. The fourth-order valence-corrected chi connectivity index (χ4v) is 0.716. The summed E-state index contributed by atoms with van der Waals surface area (Å²) in [5.41, 5.74) is 7.92. The minimum Gasteiger partial charge on any atom is -0.339 e. The van der Waals surface area contributed by atoms with Gasteiger partial charge in [0.2, 0.25) is 5.89 Å². The molecule has 0 saturated heterocycles. The molecule has 1 aromatic rings. The van der Waals surface area contributed by atoms with Crippen LogP contribution < -0.4 is 0 Å². The minimum absolute atomic E-state index is 0.111. The molecule has 6 heteroatoms. The molecule has 0 saturated carbocycles. The summed E-state index contributed by atoms with van der Waals surface area (Å²) in [7, 11) is 0. The third kappa shape index (κ3) is 2.45. The number of azide groups is 1. The van der Waals surface area contributed by atoms with Gasteiger partial charge < -0.3 is 4.52 Å². The molecule has 1 heterocycles. The van der Waals surface area contributed by atoms with Crippen molar-refractivity contribution in [3.05, 3.63) is 22.2 Å². The Balaban J connectivity index is 2.80. The zero-order valence-electron chi connectivity index (χ0n) is 7.85. The van der Waals surface area contributed by atoms with Gasteiger partial charge in [-0.05, 0) is 5.53 Å². The van der Waals surface area contributed by atoms with Crippen molar-refractivity contribution in [2.75, 3.05) is 0 Å². The third-order valence-corrected chi connectivity index (χ3v) is 1.41. The molecule has 0 aliphatic heterocycles. The largest absolute Gasteiger partial charge is 0.339 e. The summed E-state index contributed by atoms with van der Waals surface area (Å²) >= 11 is 0. The lowest BCUT2D eigenvalue weighted by atomic mass is 9.96. The maximum absolute atomic E-state index is 8.06. The molecule has 70 valence electrons. The normalized spacial score (nSPS) is 11.0. The molecule has 0 atom stereocenters. The summed E-state index contributed by atoms with van der Waals surface area (Å²) in [5.74, 6) is 0.971. The van der Waals surface area contributed by atoms with Crippen molar-refractivity contribution in [3.63, 3.8) is 0 Å². The SMILES string of the molecule is CC(C)(C)c1noc(CN=[N+]=[N-])n1. The van der Waals surface area contributed by atoms with Crippen molar-refractivity contribution in [1.29, 1.82) is 0 Å². The lowest BCUT2D eigenvalue weighted by Gasteiger charge is -2.10. The van der Waals surface area contributed by atoms with Gasteiger partial charge in [-0.25, -0.2) is 0 Å². The lowest BCUT2D eigenvalue weighted by Crippen LogP contribution is -2.13. The summed E-state index contributed by atoms with van der Waals surface area (Å²) in [5, 5.41) is 7.09. The predicted molar refractivity (Wildman–Crippen MR) is 45.8 cm³/mol. The van der Waals surface area contributed by atoms with Crippen LogP contribution >= 0.6 is 0 Å². The van der Waals surface area contributed by atoms with Crippen LogP contribution in [0.2, 0.25) is 0 Å². The van der Waals surface area contributed by atoms with Crippen LogP contribution in [0, 0.1) is 0 Å². The van der Waals surface area contributed by atoms with E-state index in [-0.39, 0.29) is 12.0 Å². The van der Waals surface area contributed by atoms with Crippen LogP contribution in [0.4, 0.5) is 0 Å². The van der Waals surface area contributed by atoms with Crippen molar-refractivity contribution < 1.29 is 4.52 Å². The lowest BCUT2D eigenvalue weighted by molar-refractivity contribution is 0.364. The molecule has 0 fully saturated rings. The molecule has 0 radical (unpaired) electrons. The first-order valence-corrected chi connectivity index (χ1v) is 3.88. The molecule has 0 spiro atoms. The van der Waals surface area contributed by atoms with E-state index in [9.17, 15) is 0 Å². The van der Waals surface area contributed by atoms with Gasteiger partial charge in [0.05, 0.1) is 0 Å². The molecule has 0 N–H and O–H groups in total. The summed E-state index contributed by atoms with van der Waals surface area (Å²) < 4.78 is 4.87. The van der Waals surface area contributed by atoms with Gasteiger partial charge >= 0.3 is 0 Å². The van der Waals surface area contributed by atoms with Crippen LogP contribution in [0.15, 0.2) is 9.64 Å². The van der Waals surface area contributed by atoms with Crippen LogP contribution in [-0.2, 0) is 12.0 Å². The summed E-state index contributed by atoms with van der Waals surface area (Å²) in [6, 6.07) is 0. The molecule has 0 unspecified atom stereocenters. The van der Waals surface area contributed by atoms with Crippen molar-refractivity contribution in [3.8, 4) is 0 Å². The monoisotopic (exact) mass is 181 g/mol. The van der Waals surface area contributed by atoms with Crippen LogP contribution in [0.5, 0.6) is 0 Å². The maximum Gasteiger partial charge on any atom is 0.232 e. The molecule has 13 heavy (non-hydrogen) atoms. The summed E-state index contributed by atoms with van der Waals surface area (Å²) in [6.45, 7) is 6.05. The number of hydrogen-bond donors (Lipinski definition) is 0. The van der Waals surface area contributed by atoms with E-state index >= 15 is 0 Å². The van der Waals surface area contributed by atoms with Crippen LogP contribution in [0.25, 0.3) is 10.4 Å². The molecule has 6 nitrogen and oxygen atoms in total. The van der Waals surface area contributed by atoms with Gasteiger partial charge in [-0.15, -0.1) is 0 Å². The highest BCUT2D eigenvalue weighted by Gasteiger charge is 2.20. The Labute approximate surface area is 75.6 Å². The average molecular weight is 181 g/mol. The highest BCUT2D eigenvalue weighted by molar-refractivity contribution is 4.99. The summed E-state index contributed by atoms with van der Waals surface area (Å²) in [6.07, 6.45) is 0. The van der Waals surface area contributed by atoms with Crippen LogP contribution in [-0.4, -0.2) is 10.1 Å². The van der Waals surface area contributed by atoms with Gasteiger partial charge in [0, 0.05) is 10.3 Å². The topological polar surface area (TPSA) is 87.7 Å². The van der Waals surface area contributed by atoms with Crippen molar-refractivity contribution >= 4 is 0 Å².